The van der Waals surface area contributed by atoms with E-state index in [0.29, 0.717) is 24.5 Å². The first kappa shape index (κ1) is 20.8. The van der Waals surface area contributed by atoms with Gasteiger partial charge in [0, 0.05) is 44.4 Å². The molecule has 0 radical (unpaired) electrons. The highest BCUT2D eigenvalue weighted by molar-refractivity contribution is 6.39. The molecular formula is C20H21Cl2F2N3O. The highest BCUT2D eigenvalue weighted by Crippen LogP contribution is 2.38. The van der Waals surface area contributed by atoms with Crippen molar-refractivity contribution in [3.8, 4) is 0 Å². The molecule has 3 rings (SSSR count). The monoisotopic (exact) mass is 427 g/mol. The second-order valence-corrected chi connectivity index (χ2v) is 7.65. The molecule has 1 fully saturated rings. The van der Waals surface area contributed by atoms with E-state index in [-0.39, 0.29) is 27.9 Å². The zero-order chi connectivity index (χ0) is 20.3. The van der Waals surface area contributed by atoms with Gasteiger partial charge < -0.3 is 15.5 Å². The molecule has 4 nitrogen and oxygen atoms in total. The summed E-state index contributed by atoms with van der Waals surface area (Å²) in [6.45, 7) is 3.81. The van der Waals surface area contributed by atoms with Gasteiger partial charge in [-0.05, 0) is 29.8 Å². The molecule has 8 heteroatoms. The number of amides is 1. The standard InChI is InChI=1S/C20H21Cl2F2N3O/c1-20(23,24)14-11-16(21)19(17(22)12-14)26-15-4-2-3-13(9-15)10-18(28)27-7-5-25-6-8-27/h2-4,9,11-12,25-26H,5-8,10H2,1H3. The van der Waals surface area contributed by atoms with E-state index < -0.39 is 5.92 Å². The summed E-state index contributed by atoms with van der Waals surface area (Å²) < 4.78 is 27.0. The van der Waals surface area contributed by atoms with Crippen LogP contribution in [-0.2, 0) is 17.1 Å². The van der Waals surface area contributed by atoms with Crippen LogP contribution < -0.4 is 10.6 Å². The minimum absolute atomic E-state index is 0.0734. The Labute approximate surface area is 172 Å². The Balaban J connectivity index is 1.75. The van der Waals surface area contributed by atoms with Crippen LogP contribution in [0.1, 0.15) is 18.1 Å². The van der Waals surface area contributed by atoms with Crippen LogP contribution in [0.2, 0.25) is 10.0 Å². The molecule has 0 bridgehead atoms. The zero-order valence-corrected chi connectivity index (χ0v) is 16.9. The van der Waals surface area contributed by atoms with Crippen LogP contribution in [0.3, 0.4) is 0 Å². The fourth-order valence-corrected chi connectivity index (χ4v) is 3.63. The highest BCUT2D eigenvalue weighted by Gasteiger charge is 2.26. The molecule has 0 unspecified atom stereocenters. The molecular weight excluding hydrogens is 407 g/mol. The quantitative estimate of drug-likeness (QED) is 0.718. The number of alkyl halides is 2. The second kappa shape index (κ2) is 8.64. The van der Waals surface area contributed by atoms with Crippen LogP contribution in [0.5, 0.6) is 0 Å². The Hall–Kier alpha value is -1.89. The first-order chi connectivity index (χ1) is 13.2. The van der Waals surface area contributed by atoms with Crippen molar-refractivity contribution < 1.29 is 13.6 Å². The highest BCUT2D eigenvalue weighted by atomic mass is 35.5. The lowest BCUT2D eigenvalue weighted by molar-refractivity contribution is -0.131. The van der Waals surface area contributed by atoms with E-state index in [0.717, 1.165) is 25.6 Å². The first-order valence-electron chi connectivity index (χ1n) is 8.96. The van der Waals surface area contributed by atoms with E-state index in [1.54, 1.807) is 6.07 Å². The van der Waals surface area contributed by atoms with Gasteiger partial charge in [-0.2, -0.15) is 0 Å². The Morgan fingerprint density at radius 1 is 1.18 bits per heavy atom. The van der Waals surface area contributed by atoms with Crippen molar-refractivity contribution in [3.05, 3.63) is 57.6 Å². The minimum atomic E-state index is -3.03. The zero-order valence-electron chi connectivity index (χ0n) is 15.4. The normalized spacial score (nSPS) is 14.8. The largest absolute Gasteiger partial charge is 0.353 e. The molecule has 150 valence electrons. The summed E-state index contributed by atoms with van der Waals surface area (Å²) >= 11 is 12.3. The number of nitrogens with zero attached hydrogens (tertiary/aromatic N) is 1. The molecule has 1 amide bonds. The van der Waals surface area contributed by atoms with Crippen LogP contribution in [0.4, 0.5) is 20.2 Å². The fraction of sp³-hybridized carbons (Fsp3) is 0.350. The van der Waals surface area contributed by atoms with E-state index in [9.17, 15) is 13.6 Å². The molecule has 1 aliphatic rings. The van der Waals surface area contributed by atoms with Gasteiger partial charge in [0.1, 0.15) is 0 Å². The molecule has 1 aliphatic heterocycles. The van der Waals surface area contributed by atoms with Crippen LogP contribution in [0.15, 0.2) is 36.4 Å². The van der Waals surface area contributed by atoms with Gasteiger partial charge in [-0.3, -0.25) is 4.79 Å². The number of benzene rings is 2. The van der Waals surface area contributed by atoms with Crippen molar-refractivity contribution in [2.75, 3.05) is 31.5 Å². The van der Waals surface area contributed by atoms with Crippen LogP contribution >= 0.6 is 23.2 Å². The van der Waals surface area contributed by atoms with Gasteiger partial charge in [-0.25, -0.2) is 8.78 Å². The number of anilines is 2. The van der Waals surface area contributed by atoms with Crippen LogP contribution in [0, 0.1) is 0 Å². The van der Waals surface area contributed by atoms with Crippen LogP contribution in [-0.4, -0.2) is 37.0 Å². The first-order valence-corrected chi connectivity index (χ1v) is 9.71. The number of hydrogen-bond acceptors (Lipinski definition) is 3. The maximum Gasteiger partial charge on any atom is 0.270 e. The summed E-state index contributed by atoms with van der Waals surface area (Å²) in [5, 5.41) is 6.49. The van der Waals surface area contributed by atoms with E-state index in [4.69, 9.17) is 23.2 Å². The summed E-state index contributed by atoms with van der Waals surface area (Å²) in [4.78, 5) is 14.3. The van der Waals surface area contributed by atoms with Crippen molar-refractivity contribution in [2.45, 2.75) is 19.3 Å². The summed E-state index contributed by atoms with van der Waals surface area (Å²) in [7, 11) is 0. The Morgan fingerprint density at radius 2 is 1.82 bits per heavy atom. The summed E-state index contributed by atoms with van der Waals surface area (Å²) in [6.07, 6.45) is 0.290. The molecule has 0 saturated carbocycles. The lowest BCUT2D eigenvalue weighted by atomic mass is 10.1. The van der Waals surface area contributed by atoms with Gasteiger partial charge in [0.15, 0.2) is 0 Å². The number of halogens is 4. The third kappa shape index (κ3) is 5.13. The van der Waals surface area contributed by atoms with E-state index in [2.05, 4.69) is 10.6 Å². The number of hydrogen-bond donors (Lipinski definition) is 2. The number of piperazine rings is 1. The molecule has 1 saturated heterocycles. The third-order valence-electron chi connectivity index (χ3n) is 4.57. The van der Waals surface area contributed by atoms with Gasteiger partial charge in [0.05, 0.1) is 22.2 Å². The maximum absolute atomic E-state index is 13.5. The van der Waals surface area contributed by atoms with Crippen molar-refractivity contribution >= 4 is 40.5 Å². The lowest BCUT2D eigenvalue weighted by Crippen LogP contribution is -2.46. The summed E-state index contributed by atoms with van der Waals surface area (Å²) in [5.41, 5.74) is 1.62. The number of carbonyl (C=O) groups excluding carboxylic acids is 1. The third-order valence-corrected chi connectivity index (χ3v) is 5.17. The van der Waals surface area contributed by atoms with Crippen LogP contribution in [0.25, 0.3) is 0 Å². The van der Waals surface area contributed by atoms with Crippen molar-refractivity contribution in [1.29, 1.82) is 0 Å². The lowest BCUT2D eigenvalue weighted by Gasteiger charge is -2.27. The SMILES string of the molecule is CC(F)(F)c1cc(Cl)c(Nc2cccc(CC(=O)N3CCNCC3)c2)c(Cl)c1. The number of carbonyl (C=O) groups is 1. The van der Waals surface area contributed by atoms with E-state index in [1.165, 1.54) is 12.1 Å². The van der Waals surface area contributed by atoms with Gasteiger partial charge in [0.25, 0.3) is 5.92 Å². The predicted molar refractivity (Wildman–Crippen MR) is 109 cm³/mol. The Bertz CT molecular complexity index is 842. The van der Waals surface area contributed by atoms with Gasteiger partial charge in [-0.15, -0.1) is 0 Å². The summed E-state index contributed by atoms with van der Waals surface area (Å²) in [5.74, 6) is -2.96. The second-order valence-electron chi connectivity index (χ2n) is 6.84. The molecule has 0 aliphatic carbocycles. The van der Waals surface area contributed by atoms with Gasteiger partial charge >= 0.3 is 0 Å². The van der Waals surface area contributed by atoms with Crippen molar-refractivity contribution in [2.24, 2.45) is 0 Å². The molecule has 0 aromatic heterocycles. The average Bonchev–Trinajstić information content (AvgIpc) is 2.65. The van der Waals surface area contributed by atoms with E-state index in [1.807, 2.05) is 23.1 Å². The maximum atomic E-state index is 13.5. The molecule has 1 heterocycles. The smallest absolute Gasteiger partial charge is 0.270 e. The molecule has 0 spiro atoms. The van der Waals surface area contributed by atoms with Gasteiger partial charge in [-0.1, -0.05) is 35.3 Å². The molecule has 28 heavy (non-hydrogen) atoms. The minimum Gasteiger partial charge on any atom is -0.353 e. The molecule has 2 N–H and O–H groups in total. The molecule has 2 aromatic carbocycles. The number of nitrogens with one attached hydrogen (secondary N) is 2. The van der Waals surface area contributed by atoms with Gasteiger partial charge in [0.2, 0.25) is 5.91 Å². The van der Waals surface area contributed by atoms with Crippen molar-refractivity contribution in [3.63, 3.8) is 0 Å². The fourth-order valence-electron chi connectivity index (χ4n) is 3.05. The van der Waals surface area contributed by atoms with Crippen molar-refractivity contribution in [1.82, 2.24) is 10.2 Å². The average molecular weight is 428 g/mol. The predicted octanol–water partition coefficient (Wildman–Crippen LogP) is 4.82. The molecule has 0 atom stereocenters. The molecule has 2 aromatic rings. The number of rotatable bonds is 5. The topological polar surface area (TPSA) is 44.4 Å². The summed E-state index contributed by atoms with van der Waals surface area (Å²) in [6, 6.07) is 9.72. The van der Waals surface area contributed by atoms with E-state index >= 15 is 0 Å². The Morgan fingerprint density at radius 3 is 2.43 bits per heavy atom. The Kier molecular flexibility index (Phi) is 6.43.